The van der Waals surface area contributed by atoms with Crippen molar-refractivity contribution in [2.75, 3.05) is 20.8 Å². The number of carbonyl (C=O) groups is 2. The van der Waals surface area contributed by atoms with Gasteiger partial charge in [0.05, 0.1) is 57.4 Å². The molecule has 3 heterocycles. The number of hydrogen-bond acceptors (Lipinski definition) is 9. The summed E-state index contributed by atoms with van der Waals surface area (Å²) in [5, 5.41) is 5.43. The number of rotatable bonds is 9. The largest absolute Gasteiger partial charge is 0.497 e. The normalized spacial score (nSPS) is 16.9. The molecule has 1 aromatic heterocycles. The molecule has 1 N–H and O–H groups in total. The van der Waals surface area contributed by atoms with E-state index in [0.717, 1.165) is 5.56 Å². The molecule has 1 atom stereocenters. The third-order valence-electron chi connectivity index (χ3n) is 5.61. The second kappa shape index (κ2) is 10.7. The van der Waals surface area contributed by atoms with Crippen molar-refractivity contribution in [1.29, 1.82) is 0 Å². The summed E-state index contributed by atoms with van der Waals surface area (Å²) in [5.41, 5.74) is 2.39. The number of nitrogens with zero attached hydrogens (tertiary/aromatic N) is 2. The Labute approximate surface area is 207 Å². The first-order valence-corrected chi connectivity index (χ1v) is 12.0. The molecule has 1 amide bonds. The SMILES string of the molecule is CCOC(=O)C1=C(C)N=C2SC=C(CC(=O)NCc3ccco3)N2[C@H]1c1ccc(OC)cc1OC. The molecule has 0 aliphatic carbocycles. The first-order chi connectivity index (χ1) is 17.0. The summed E-state index contributed by atoms with van der Waals surface area (Å²) < 4.78 is 21.7. The van der Waals surface area contributed by atoms with E-state index >= 15 is 0 Å². The monoisotopic (exact) mass is 497 g/mol. The molecule has 0 fully saturated rings. The average Bonchev–Trinajstić information content (AvgIpc) is 3.51. The highest BCUT2D eigenvalue weighted by Gasteiger charge is 2.42. The number of furan rings is 1. The van der Waals surface area contributed by atoms with Gasteiger partial charge >= 0.3 is 5.97 Å². The third kappa shape index (κ3) is 5.07. The maximum Gasteiger partial charge on any atom is 0.338 e. The van der Waals surface area contributed by atoms with Crippen LogP contribution in [0, 0.1) is 0 Å². The standard InChI is InChI=1S/C25H27N3O6S/c1-5-33-24(30)22-15(2)27-25-28(23(22)19-9-8-17(31-3)12-20(19)32-4)16(14-35-25)11-21(29)26-13-18-7-6-10-34-18/h6-10,12,14,23H,5,11,13H2,1-4H3,(H,26,29)/t23-/m0/s1. The van der Waals surface area contributed by atoms with Crippen molar-refractivity contribution in [1.82, 2.24) is 10.2 Å². The highest BCUT2D eigenvalue weighted by molar-refractivity contribution is 8.16. The van der Waals surface area contributed by atoms with Crippen LogP contribution in [0.15, 0.2) is 68.4 Å². The molecule has 0 radical (unpaired) electrons. The van der Waals surface area contributed by atoms with Crippen molar-refractivity contribution >= 4 is 28.8 Å². The quantitative estimate of drug-likeness (QED) is 0.516. The summed E-state index contributed by atoms with van der Waals surface area (Å²) in [5.74, 6) is 1.19. The fourth-order valence-corrected chi connectivity index (χ4v) is 4.97. The number of amidine groups is 1. The number of benzene rings is 1. The number of thioether (sulfide) groups is 1. The lowest BCUT2D eigenvalue weighted by molar-refractivity contribution is -0.139. The molecule has 0 bridgehead atoms. The maximum absolute atomic E-state index is 13.1. The average molecular weight is 498 g/mol. The van der Waals surface area contributed by atoms with Crippen LogP contribution in [-0.2, 0) is 20.9 Å². The molecule has 0 unspecified atom stereocenters. The zero-order valence-electron chi connectivity index (χ0n) is 20.0. The Morgan fingerprint density at radius 3 is 2.74 bits per heavy atom. The third-order valence-corrected chi connectivity index (χ3v) is 6.50. The maximum atomic E-state index is 13.1. The number of fused-ring (bicyclic) bond motifs is 1. The highest BCUT2D eigenvalue weighted by Crippen LogP contribution is 2.47. The lowest BCUT2D eigenvalue weighted by atomic mass is 9.93. The van der Waals surface area contributed by atoms with E-state index in [1.807, 2.05) is 22.4 Å². The first kappa shape index (κ1) is 24.5. The van der Waals surface area contributed by atoms with Crippen LogP contribution in [0.3, 0.4) is 0 Å². The predicted molar refractivity (Wildman–Crippen MR) is 132 cm³/mol. The Kier molecular flexibility index (Phi) is 7.50. The smallest absolute Gasteiger partial charge is 0.338 e. The zero-order chi connectivity index (χ0) is 24.9. The molecular formula is C25H27N3O6S. The second-order valence-electron chi connectivity index (χ2n) is 7.75. The molecule has 35 heavy (non-hydrogen) atoms. The second-order valence-corrected chi connectivity index (χ2v) is 8.59. The van der Waals surface area contributed by atoms with Gasteiger partial charge in [-0.2, -0.15) is 0 Å². The van der Waals surface area contributed by atoms with Gasteiger partial charge in [-0.3, -0.25) is 4.79 Å². The molecule has 0 saturated heterocycles. The Morgan fingerprint density at radius 1 is 1.23 bits per heavy atom. The molecule has 2 aliphatic heterocycles. The molecule has 0 saturated carbocycles. The van der Waals surface area contributed by atoms with E-state index in [0.29, 0.717) is 39.4 Å². The molecule has 10 heteroatoms. The molecule has 184 valence electrons. The highest BCUT2D eigenvalue weighted by atomic mass is 32.2. The number of amides is 1. The Bertz CT molecular complexity index is 1200. The number of esters is 1. The van der Waals surface area contributed by atoms with Crippen LogP contribution >= 0.6 is 11.8 Å². The molecule has 2 aromatic rings. The van der Waals surface area contributed by atoms with Crippen LogP contribution in [-0.4, -0.2) is 42.8 Å². The summed E-state index contributed by atoms with van der Waals surface area (Å²) in [6, 6.07) is 8.40. The van der Waals surface area contributed by atoms with Gasteiger partial charge in [0, 0.05) is 17.3 Å². The van der Waals surface area contributed by atoms with Gasteiger partial charge in [0.25, 0.3) is 0 Å². The van der Waals surface area contributed by atoms with E-state index in [1.54, 1.807) is 52.5 Å². The van der Waals surface area contributed by atoms with Gasteiger partial charge in [0.2, 0.25) is 5.91 Å². The zero-order valence-corrected chi connectivity index (χ0v) is 20.8. The van der Waals surface area contributed by atoms with Crippen LogP contribution in [0.4, 0.5) is 0 Å². The van der Waals surface area contributed by atoms with Crippen LogP contribution in [0.25, 0.3) is 0 Å². The van der Waals surface area contributed by atoms with E-state index in [1.165, 1.54) is 11.8 Å². The van der Waals surface area contributed by atoms with Gasteiger partial charge in [-0.15, -0.1) is 0 Å². The minimum Gasteiger partial charge on any atom is -0.497 e. The number of methoxy groups -OCH3 is 2. The van der Waals surface area contributed by atoms with E-state index in [2.05, 4.69) is 10.3 Å². The summed E-state index contributed by atoms with van der Waals surface area (Å²) in [6.45, 7) is 4.06. The van der Waals surface area contributed by atoms with Crippen molar-refractivity contribution in [3.63, 3.8) is 0 Å². The lowest BCUT2D eigenvalue weighted by Crippen LogP contribution is -2.38. The molecule has 0 spiro atoms. The predicted octanol–water partition coefficient (Wildman–Crippen LogP) is 4.14. The van der Waals surface area contributed by atoms with Gasteiger partial charge in [0.15, 0.2) is 5.17 Å². The first-order valence-electron chi connectivity index (χ1n) is 11.1. The van der Waals surface area contributed by atoms with Crippen molar-refractivity contribution in [2.45, 2.75) is 32.9 Å². The van der Waals surface area contributed by atoms with Crippen molar-refractivity contribution in [3.8, 4) is 11.5 Å². The summed E-state index contributed by atoms with van der Waals surface area (Å²) >= 11 is 1.41. The molecule has 4 rings (SSSR count). The number of allylic oxidation sites excluding steroid dienone is 1. The Hall–Kier alpha value is -3.66. The topological polar surface area (TPSA) is 103 Å². The minimum atomic E-state index is -0.596. The van der Waals surface area contributed by atoms with Crippen LogP contribution in [0.5, 0.6) is 11.5 Å². The molecule has 1 aromatic carbocycles. The lowest BCUT2D eigenvalue weighted by Gasteiger charge is -2.36. The fraction of sp³-hybridized carbons (Fsp3) is 0.320. The van der Waals surface area contributed by atoms with Crippen LogP contribution < -0.4 is 14.8 Å². The van der Waals surface area contributed by atoms with E-state index < -0.39 is 12.0 Å². The fourth-order valence-electron chi connectivity index (χ4n) is 4.00. The van der Waals surface area contributed by atoms with Gasteiger partial charge in [-0.25, -0.2) is 9.79 Å². The number of carbonyl (C=O) groups excluding carboxylic acids is 2. The summed E-state index contributed by atoms with van der Waals surface area (Å²) in [4.78, 5) is 32.5. The number of hydrogen-bond donors (Lipinski definition) is 1. The van der Waals surface area contributed by atoms with Crippen molar-refractivity contribution in [2.24, 2.45) is 4.99 Å². The number of ether oxygens (including phenoxy) is 3. The van der Waals surface area contributed by atoms with Crippen LogP contribution in [0.2, 0.25) is 0 Å². The minimum absolute atomic E-state index is 0.0941. The molecule has 9 nitrogen and oxygen atoms in total. The Balaban J connectivity index is 1.69. The molecular weight excluding hydrogens is 470 g/mol. The van der Waals surface area contributed by atoms with Gasteiger partial charge < -0.3 is 28.8 Å². The van der Waals surface area contributed by atoms with Gasteiger partial charge in [-0.1, -0.05) is 11.8 Å². The van der Waals surface area contributed by atoms with E-state index in [9.17, 15) is 9.59 Å². The van der Waals surface area contributed by atoms with E-state index in [-0.39, 0.29) is 25.5 Å². The van der Waals surface area contributed by atoms with E-state index in [4.69, 9.17) is 18.6 Å². The number of nitrogens with one attached hydrogen (secondary N) is 1. The van der Waals surface area contributed by atoms with Gasteiger partial charge in [-0.05, 0) is 43.5 Å². The van der Waals surface area contributed by atoms with Crippen molar-refractivity contribution in [3.05, 3.63) is 70.3 Å². The van der Waals surface area contributed by atoms with Crippen LogP contribution in [0.1, 0.15) is 37.6 Å². The van der Waals surface area contributed by atoms with Crippen molar-refractivity contribution < 1.29 is 28.2 Å². The number of aliphatic imine (C=N–C) groups is 1. The Morgan fingerprint density at radius 2 is 2.06 bits per heavy atom. The molecule has 2 aliphatic rings. The summed E-state index contributed by atoms with van der Waals surface area (Å²) in [7, 11) is 3.14. The summed E-state index contributed by atoms with van der Waals surface area (Å²) in [6.07, 6.45) is 1.66. The van der Waals surface area contributed by atoms with Gasteiger partial charge in [0.1, 0.15) is 17.3 Å².